The second kappa shape index (κ2) is 57.1. The summed E-state index contributed by atoms with van der Waals surface area (Å²) in [5.41, 5.74) is 0. The van der Waals surface area contributed by atoms with E-state index in [4.69, 9.17) is 9.05 Å². The van der Waals surface area contributed by atoms with E-state index in [1.165, 1.54) is 173 Å². The monoisotopic (exact) mass is 1080 g/mol. The highest BCUT2D eigenvalue weighted by Gasteiger charge is 2.23. The number of quaternary nitrogens is 1. The summed E-state index contributed by atoms with van der Waals surface area (Å²) in [6.45, 7) is 4.52. The predicted octanol–water partition coefficient (Wildman–Crippen LogP) is 19.1. The van der Waals surface area contributed by atoms with Crippen molar-refractivity contribution < 1.29 is 32.9 Å². The Kier molecular flexibility index (Phi) is 55.2. The van der Waals surface area contributed by atoms with Crippen LogP contribution in [0.3, 0.4) is 0 Å². The van der Waals surface area contributed by atoms with Gasteiger partial charge in [-0.25, -0.2) is 0 Å². The molecule has 0 bridgehead atoms. The lowest BCUT2D eigenvalue weighted by molar-refractivity contribution is -0.870. The van der Waals surface area contributed by atoms with Crippen molar-refractivity contribution >= 4 is 13.7 Å². The highest BCUT2D eigenvalue weighted by atomic mass is 31.2. The molecule has 8 nitrogen and oxygen atoms in total. The molecule has 0 aliphatic carbocycles. The molecule has 0 aromatic heterocycles. The molecule has 0 rings (SSSR count). The molecule has 76 heavy (non-hydrogen) atoms. The number of allylic oxidation sites excluding steroid dienone is 15. The normalized spacial score (nSPS) is 14.5. The van der Waals surface area contributed by atoms with Crippen molar-refractivity contribution in [1.29, 1.82) is 0 Å². The summed E-state index contributed by atoms with van der Waals surface area (Å²) in [5, 5.41) is 13.9. The number of amides is 1. The van der Waals surface area contributed by atoms with Crippen LogP contribution in [0, 0.1) is 0 Å². The first-order valence-electron chi connectivity index (χ1n) is 31.6. The molecule has 1 amide bonds. The first kappa shape index (κ1) is 73.4. The van der Waals surface area contributed by atoms with Gasteiger partial charge in [0.2, 0.25) is 5.91 Å². The summed E-state index contributed by atoms with van der Waals surface area (Å²) in [4.78, 5) is 25.6. The molecule has 3 atom stereocenters. The Balaban J connectivity index is 4.19. The van der Waals surface area contributed by atoms with Crippen LogP contribution in [0.4, 0.5) is 0 Å². The topological polar surface area (TPSA) is 108 Å². The average molecular weight is 1080 g/mol. The van der Waals surface area contributed by atoms with E-state index < -0.39 is 26.6 Å². The molecule has 0 fully saturated rings. The molecular formula is C67H121N2O6P. The number of hydrogen-bond donors (Lipinski definition) is 2. The molecule has 9 heteroatoms. The largest absolute Gasteiger partial charge is 0.756 e. The highest BCUT2D eigenvalue weighted by Crippen LogP contribution is 2.38. The number of carbonyl (C=O) groups excluding carboxylic acids is 1. The summed E-state index contributed by atoms with van der Waals surface area (Å²) in [6.07, 6.45) is 82.2. The van der Waals surface area contributed by atoms with Gasteiger partial charge < -0.3 is 28.8 Å². The van der Waals surface area contributed by atoms with E-state index in [0.29, 0.717) is 17.4 Å². The molecule has 440 valence electrons. The van der Waals surface area contributed by atoms with Gasteiger partial charge in [0.05, 0.1) is 39.9 Å². The van der Waals surface area contributed by atoms with E-state index in [1.54, 1.807) is 6.08 Å². The van der Waals surface area contributed by atoms with Crippen molar-refractivity contribution in [2.75, 3.05) is 40.9 Å². The predicted molar refractivity (Wildman–Crippen MR) is 329 cm³/mol. The van der Waals surface area contributed by atoms with Gasteiger partial charge in [0.1, 0.15) is 13.2 Å². The second-order valence-electron chi connectivity index (χ2n) is 22.4. The van der Waals surface area contributed by atoms with Crippen LogP contribution < -0.4 is 10.2 Å². The summed E-state index contributed by atoms with van der Waals surface area (Å²) < 4.78 is 23.4. The zero-order chi connectivity index (χ0) is 55.6. The standard InChI is InChI=1S/C67H121N2O6P/c1-6-8-10-12-14-16-18-20-22-24-26-28-30-31-32-33-34-35-36-37-39-41-43-45-47-49-51-53-55-57-59-61-67(71)68-65(64-75-76(72,73)74-63-62-69(3,4)5)66(70)60-58-56-54-52-50-48-46-44-42-40-38-29-27-25-23-21-19-17-15-13-11-9-7-2/h8,10,14,16,20,22,26,28,31-32,42,44,50,52,58,60,65-66,70H,6-7,9,11-13,15,17-19,21,23-25,27,29-30,33-41,43,45-49,51,53-57,59,61-64H2,1-5H3,(H-,68,71,72,73)/b10-8-,16-14-,22-20-,28-26-,32-31-,44-42+,52-50+,60-58+. The Bertz CT molecular complexity index is 1560. The van der Waals surface area contributed by atoms with E-state index in [1.807, 2.05) is 27.2 Å². The Morgan fingerprint density at radius 1 is 0.474 bits per heavy atom. The van der Waals surface area contributed by atoms with Crippen LogP contribution in [-0.4, -0.2) is 68.5 Å². The molecule has 0 aliphatic rings. The Hall–Kier alpha value is -2.58. The number of aliphatic hydroxyl groups is 1. The molecular weight excluding hydrogens is 960 g/mol. The van der Waals surface area contributed by atoms with Gasteiger partial charge in [-0.2, -0.15) is 0 Å². The number of likely N-dealkylation sites (N-methyl/N-ethyl adjacent to an activating group) is 1. The van der Waals surface area contributed by atoms with Crippen LogP contribution in [0.15, 0.2) is 97.2 Å². The minimum atomic E-state index is -4.62. The van der Waals surface area contributed by atoms with Crippen LogP contribution >= 0.6 is 7.82 Å². The molecule has 0 aromatic carbocycles. The molecule has 2 N–H and O–H groups in total. The number of nitrogens with one attached hydrogen (secondary N) is 1. The molecule has 0 aromatic rings. The Morgan fingerprint density at radius 3 is 1.22 bits per heavy atom. The van der Waals surface area contributed by atoms with Crippen molar-refractivity contribution in [2.24, 2.45) is 0 Å². The smallest absolute Gasteiger partial charge is 0.268 e. The number of rotatable bonds is 57. The molecule has 0 heterocycles. The highest BCUT2D eigenvalue weighted by molar-refractivity contribution is 7.45. The lowest BCUT2D eigenvalue weighted by Gasteiger charge is -2.29. The van der Waals surface area contributed by atoms with Crippen LogP contribution in [0.2, 0.25) is 0 Å². The second-order valence-corrected chi connectivity index (χ2v) is 23.8. The third kappa shape index (κ3) is 59.1. The van der Waals surface area contributed by atoms with Crippen molar-refractivity contribution in [3.05, 3.63) is 97.2 Å². The molecule has 0 saturated carbocycles. The maximum atomic E-state index is 13.0. The molecule has 0 saturated heterocycles. The fourth-order valence-corrected chi connectivity index (χ4v) is 9.58. The number of phosphoric acid groups is 1. The fourth-order valence-electron chi connectivity index (χ4n) is 8.86. The first-order chi connectivity index (χ1) is 37.0. The summed E-state index contributed by atoms with van der Waals surface area (Å²) in [6, 6.07) is -0.916. The van der Waals surface area contributed by atoms with Crippen molar-refractivity contribution in [2.45, 2.75) is 283 Å². The minimum absolute atomic E-state index is 0.0122. The lowest BCUT2D eigenvalue weighted by atomic mass is 10.0. The van der Waals surface area contributed by atoms with E-state index >= 15 is 0 Å². The fraction of sp³-hybridized carbons (Fsp3) is 0.746. The SMILES string of the molecule is CC/C=C\C/C=C\C/C=C\C/C=C\C/C=C\CCCCCCCCCCCCCCCCCC(=O)NC(COP(=O)([O-])OCC[N+](C)(C)C)C(O)/C=C/CC/C=C/CC/C=C/CCCCCCCCCCCCCCC. The van der Waals surface area contributed by atoms with Crippen molar-refractivity contribution in [3.63, 3.8) is 0 Å². The molecule has 0 radical (unpaired) electrons. The summed E-state index contributed by atoms with van der Waals surface area (Å²) >= 11 is 0. The van der Waals surface area contributed by atoms with E-state index in [0.717, 1.165) is 77.0 Å². The summed E-state index contributed by atoms with van der Waals surface area (Å²) in [7, 11) is 1.23. The van der Waals surface area contributed by atoms with Crippen LogP contribution in [0.5, 0.6) is 0 Å². The molecule has 0 spiro atoms. The minimum Gasteiger partial charge on any atom is -0.756 e. The number of carbonyl (C=O) groups is 1. The van der Waals surface area contributed by atoms with Gasteiger partial charge in [0.15, 0.2) is 0 Å². The number of phosphoric ester groups is 1. The number of unbranched alkanes of at least 4 members (excludes halogenated alkanes) is 30. The average Bonchev–Trinajstić information content (AvgIpc) is 3.38. The van der Waals surface area contributed by atoms with Gasteiger partial charge in [-0.15, -0.1) is 0 Å². The van der Waals surface area contributed by atoms with Gasteiger partial charge in [-0.1, -0.05) is 272 Å². The van der Waals surface area contributed by atoms with E-state index in [9.17, 15) is 19.4 Å². The van der Waals surface area contributed by atoms with Crippen molar-refractivity contribution in [1.82, 2.24) is 5.32 Å². The zero-order valence-electron chi connectivity index (χ0n) is 50.2. The quantitative estimate of drug-likeness (QED) is 0.0272. The van der Waals surface area contributed by atoms with E-state index in [2.05, 4.69) is 104 Å². The van der Waals surface area contributed by atoms with Gasteiger partial charge in [0, 0.05) is 6.42 Å². The van der Waals surface area contributed by atoms with Crippen LogP contribution in [0.1, 0.15) is 271 Å². The first-order valence-corrected chi connectivity index (χ1v) is 33.1. The van der Waals surface area contributed by atoms with Crippen LogP contribution in [-0.2, 0) is 18.4 Å². The van der Waals surface area contributed by atoms with E-state index in [-0.39, 0.29) is 12.5 Å². The maximum Gasteiger partial charge on any atom is 0.268 e. The third-order valence-corrected chi connectivity index (χ3v) is 14.7. The van der Waals surface area contributed by atoms with Gasteiger partial charge in [-0.05, 0) is 89.9 Å². The van der Waals surface area contributed by atoms with Crippen molar-refractivity contribution in [3.8, 4) is 0 Å². The third-order valence-electron chi connectivity index (χ3n) is 13.8. The van der Waals surface area contributed by atoms with Gasteiger partial charge >= 0.3 is 0 Å². The summed E-state index contributed by atoms with van der Waals surface area (Å²) in [5.74, 6) is -0.213. The molecule has 0 aliphatic heterocycles. The number of aliphatic hydroxyl groups excluding tert-OH is 1. The van der Waals surface area contributed by atoms with Gasteiger partial charge in [-0.3, -0.25) is 9.36 Å². The van der Waals surface area contributed by atoms with Crippen LogP contribution in [0.25, 0.3) is 0 Å². The Labute approximate surface area is 470 Å². The molecule has 3 unspecified atom stereocenters. The maximum absolute atomic E-state index is 13.0. The number of hydrogen-bond acceptors (Lipinski definition) is 6. The Morgan fingerprint density at radius 2 is 0.816 bits per heavy atom. The lowest BCUT2D eigenvalue weighted by Crippen LogP contribution is -2.45. The zero-order valence-corrected chi connectivity index (χ0v) is 51.1. The van der Waals surface area contributed by atoms with Gasteiger partial charge in [0.25, 0.3) is 7.82 Å². The number of nitrogens with zero attached hydrogens (tertiary/aromatic N) is 1.